The van der Waals surface area contributed by atoms with Crippen molar-refractivity contribution < 1.29 is 14.3 Å². The molecule has 0 unspecified atom stereocenters. The van der Waals surface area contributed by atoms with Gasteiger partial charge in [0.05, 0.1) is 6.54 Å². The molecule has 0 fully saturated rings. The largest absolute Gasteiger partial charge is 0.478 e. The summed E-state index contributed by atoms with van der Waals surface area (Å²) in [7, 11) is 0. The fourth-order valence-electron chi connectivity index (χ4n) is 1.56. The molecule has 2 N–H and O–H groups in total. The van der Waals surface area contributed by atoms with Crippen LogP contribution < -0.4 is 5.32 Å². The first kappa shape index (κ1) is 14.8. The van der Waals surface area contributed by atoms with Crippen LogP contribution in [0.1, 0.15) is 49.6 Å². The molecule has 0 aromatic carbocycles. The van der Waals surface area contributed by atoms with Gasteiger partial charge in [-0.15, -0.1) is 0 Å². The summed E-state index contributed by atoms with van der Waals surface area (Å²) in [4.78, 5) is 10.9. The second-order valence-electron chi connectivity index (χ2n) is 5.73. The molecule has 0 spiro atoms. The number of carbonyl (C=O) groups is 1. The van der Waals surface area contributed by atoms with Crippen LogP contribution >= 0.6 is 0 Å². The van der Waals surface area contributed by atoms with Gasteiger partial charge < -0.3 is 14.8 Å². The number of aryl methyl sites for hydroxylation is 1. The van der Waals surface area contributed by atoms with Crippen molar-refractivity contribution in [3.8, 4) is 0 Å². The molecule has 0 aliphatic heterocycles. The zero-order chi connectivity index (χ0) is 13.9. The molecule has 0 bridgehead atoms. The van der Waals surface area contributed by atoms with E-state index in [-0.39, 0.29) is 11.0 Å². The molecule has 1 aromatic rings. The van der Waals surface area contributed by atoms with E-state index in [4.69, 9.17) is 9.52 Å². The lowest BCUT2D eigenvalue weighted by atomic mass is 9.81. The smallest absolute Gasteiger partial charge is 0.339 e. The quantitative estimate of drug-likeness (QED) is 0.818. The lowest BCUT2D eigenvalue weighted by Crippen LogP contribution is -2.33. The van der Waals surface area contributed by atoms with Gasteiger partial charge in [0.1, 0.15) is 17.1 Å². The minimum atomic E-state index is -0.940. The number of carboxylic acids is 1. The van der Waals surface area contributed by atoms with Crippen LogP contribution in [0.5, 0.6) is 0 Å². The van der Waals surface area contributed by atoms with Crippen LogP contribution in [0.4, 0.5) is 0 Å². The first-order valence-corrected chi connectivity index (χ1v) is 6.27. The van der Waals surface area contributed by atoms with Crippen molar-refractivity contribution in [2.45, 2.75) is 41.2 Å². The predicted molar refractivity (Wildman–Crippen MR) is 70.7 cm³/mol. The highest BCUT2D eigenvalue weighted by Gasteiger charge is 2.22. The van der Waals surface area contributed by atoms with Gasteiger partial charge in [-0.25, -0.2) is 4.79 Å². The van der Waals surface area contributed by atoms with Gasteiger partial charge in [-0.3, -0.25) is 0 Å². The Kier molecular flexibility index (Phi) is 4.57. The van der Waals surface area contributed by atoms with Crippen molar-refractivity contribution in [2.24, 2.45) is 11.3 Å². The summed E-state index contributed by atoms with van der Waals surface area (Å²) in [5, 5.41) is 12.2. The monoisotopic (exact) mass is 253 g/mol. The van der Waals surface area contributed by atoms with Crippen molar-refractivity contribution in [3.63, 3.8) is 0 Å². The van der Waals surface area contributed by atoms with Crippen molar-refractivity contribution in [2.75, 3.05) is 6.54 Å². The first-order chi connectivity index (χ1) is 8.24. The van der Waals surface area contributed by atoms with Crippen LogP contribution in [-0.4, -0.2) is 17.6 Å². The van der Waals surface area contributed by atoms with E-state index in [0.29, 0.717) is 24.0 Å². The molecule has 0 atom stereocenters. The Morgan fingerprint density at radius 2 is 2.11 bits per heavy atom. The average Bonchev–Trinajstić information content (AvgIpc) is 2.59. The highest BCUT2D eigenvalue weighted by Crippen LogP contribution is 2.25. The number of nitrogens with one attached hydrogen (secondary N) is 1. The molecule has 4 heteroatoms. The lowest BCUT2D eigenvalue weighted by molar-refractivity contribution is 0.0695. The molecule has 102 valence electrons. The van der Waals surface area contributed by atoms with E-state index in [1.807, 2.05) is 0 Å². The Bertz CT molecular complexity index is 419. The molecule has 1 rings (SSSR count). The van der Waals surface area contributed by atoms with E-state index in [2.05, 4.69) is 33.0 Å². The van der Waals surface area contributed by atoms with Crippen LogP contribution in [-0.2, 0) is 6.54 Å². The maximum absolute atomic E-state index is 10.9. The number of rotatable bonds is 6. The van der Waals surface area contributed by atoms with Crippen LogP contribution in [0, 0.1) is 18.3 Å². The van der Waals surface area contributed by atoms with Crippen molar-refractivity contribution in [1.29, 1.82) is 0 Å². The molecule has 18 heavy (non-hydrogen) atoms. The predicted octanol–water partition coefficient (Wildman–Crippen LogP) is 3.06. The molecule has 0 saturated carbocycles. The summed E-state index contributed by atoms with van der Waals surface area (Å²) in [6.45, 7) is 11.9. The molecule has 1 heterocycles. The van der Waals surface area contributed by atoms with Crippen molar-refractivity contribution >= 4 is 5.97 Å². The minimum absolute atomic E-state index is 0.206. The topological polar surface area (TPSA) is 62.5 Å². The molecule has 0 aliphatic rings. The molecule has 0 radical (unpaired) electrons. The van der Waals surface area contributed by atoms with E-state index in [9.17, 15) is 4.79 Å². The number of hydrogen-bond acceptors (Lipinski definition) is 3. The highest BCUT2D eigenvalue weighted by molar-refractivity contribution is 5.88. The van der Waals surface area contributed by atoms with Gasteiger partial charge in [-0.1, -0.05) is 27.7 Å². The number of carboxylic acid groups (broad SMARTS) is 1. The third-order valence-electron chi connectivity index (χ3n) is 3.64. The lowest BCUT2D eigenvalue weighted by Gasteiger charge is -2.29. The Morgan fingerprint density at radius 3 is 2.56 bits per heavy atom. The Labute approximate surface area is 108 Å². The van der Waals surface area contributed by atoms with Crippen LogP contribution in [0.25, 0.3) is 0 Å². The summed E-state index contributed by atoms with van der Waals surface area (Å²) < 4.78 is 5.41. The summed E-state index contributed by atoms with van der Waals surface area (Å²) >= 11 is 0. The standard InChI is InChI=1S/C14H23NO3/c1-9(2)14(4,5)8-15-7-11-6-12(13(16)17)10(3)18-11/h6,9,15H,7-8H2,1-5H3,(H,16,17). The second-order valence-corrected chi connectivity index (χ2v) is 5.73. The maximum Gasteiger partial charge on any atom is 0.339 e. The molecule has 0 saturated heterocycles. The van der Waals surface area contributed by atoms with E-state index in [1.54, 1.807) is 13.0 Å². The van der Waals surface area contributed by atoms with Crippen molar-refractivity contribution in [3.05, 3.63) is 23.2 Å². The van der Waals surface area contributed by atoms with Crippen LogP contribution in [0.2, 0.25) is 0 Å². The minimum Gasteiger partial charge on any atom is -0.478 e. The molecular weight excluding hydrogens is 230 g/mol. The summed E-state index contributed by atoms with van der Waals surface area (Å²) in [5.41, 5.74) is 0.451. The summed E-state index contributed by atoms with van der Waals surface area (Å²) in [6, 6.07) is 1.59. The van der Waals surface area contributed by atoms with Gasteiger partial charge in [0.2, 0.25) is 0 Å². The maximum atomic E-state index is 10.9. The zero-order valence-electron chi connectivity index (χ0n) is 11.8. The Hall–Kier alpha value is -1.29. The van der Waals surface area contributed by atoms with Crippen LogP contribution in [0.15, 0.2) is 10.5 Å². The van der Waals surface area contributed by atoms with Crippen molar-refractivity contribution in [1.82, 2.24) is 5.32 Å². The Balaban J connectivity index is 2.55. The fraction of sp³-hybridized carbons (Fsp3) is 0.643. The number of furan rings is 1. The van der Waals surface area contributed by atoms with E-state index >= 15 is 0 Å². The molecule has 0 aliphatic carbocycles. The average molecular weight is 253 g/mol. The third kappa shape index (κ3) is 3.60. The van der Waals surface area contributed by atoms with Gasteiger partial charge in [0.15, 0.2) is 0 Å². The van der Waals surface area contributed by atoms with Gasteiger partial charge in [-0.05, 0) is 24.3 Å². The summed E-state index contributed by atoms with van der Waals surface area (Å²) in [5.74, 6) is 0.773. The number of hydrogen-bond donors (Lipinski definition) is 2. The summed E-state index contributed by atoms with van der Waals surface area (Å²) in [6.07, 6.45) is 0. The van der Waals surface area contributed by atoms with Gasteiger partial charge in [0.25, 0.3) is 0 Å². The van der Waals surface area contributed by atoms with Gasteiger partial charge in [-0.2, -0.15) is 0 Å². The van der Waals surface area contributed by atoms with Gasteiger partial charge >= 0.3 is 5.97 Å². The Morgan fingerprint density at radius 1 is 1.50 bits per heavy atom. The normalized spacial score (nSPS) is 12.1. The van der Waals surface area contributed by atoms with Gasteiger partial charge in [0, 0.05) is 6.54 Å². The molecule has 1 aromatic heterocycles. The van der Waals surface area contributed by atoms with Crippen LogP contribution in [0.3, 0.4) is 0 Å². The number of aromatic carboxylic acids is 1. The van der Waals surface area contributed by atoms with E-state index in [1.165, 1.54) is 0 Å². The SMILES string of the molecule is Cc1oc(CNCC(C)(C)C(C)C)cc1C(=O)O. The van der Waals surface area contributed by atoms with E-state index in [0.717, 1.165) is 6.54 Å². The van der Waals surface area contributed by atoms with E-state index < -0.39 is 5.97 Å². The molecule has 0 amide bonds. The second kappa shape index (κ2) is 5.57. The molecule has 4 nitrogen and oxygen atoms in total. The molecular formula is C14H23NO3. The first-order valence-electron chi connectivity index (χ1n) is 6.27. The fourth-order valence-corrected chi connectivity index (χ4v) is 1.56. The third-order valence-corrected chi connectivity index (χ3v) is 3.64. The zero-order valence-corrected chi connectivity index (χ0v) is 11.8. The highest BCUT2D eigenvalue weighted by atomic mass is 16.4.